The highest BCUT2D eigenvalue weighted by molar-refractivity contribution is 5.39. The maximum atomic E-state index is 5.19. The van der Waals surface area contributed by atoms with Crippen molar-refractivity contribution in [2.24, 2.45) is 0 Å². The number of rotatable bonds is 6. The maximum Gasteiger partial charge on any atom is 0.128 e. The van der Waals surface area contributed by atoms with E-state index in [4.69, 9.17) is 4.74 Å². The van der Waals surface area contributed by atoms with Gasteiger partial charge < -0.3 is 15.0 Å². The lowest BCUT2D eigenvalue weighted by Gasteiger charge is -2.26. The van der Waals surface area contributed by atoms with Crippen molar-refractivity contribution in [1.29, 1.82) is 0 Å². The summed E-state index contributed by atoms with van der Waals surface area (Å²) >= 11 is 0. The van der Waals surface area contributed by atoms with Crippen LogP contribution in [0.4, 0.5) is 5.82 Å². The molecule has 0 spiro atoms. The molecule has 1 fully saturated rings. The van der Waals surface area contributed by atoms with Crippen molar-refractivity contribution in [3.05, 3.63) is 23.9 Å². The fraction of sp³-hybridized carbons (Fsp3) is 0.643. The molecule has 1 saturated heterocycles. The summed E-state index contributed by atoms with van der Waals surface area (Å²) < 4.78 is 5.19. The Morgan fingerprint density at radius 1 is 1.50 bits per heavy atom. The normalized spacial score (nSPS) is 19.1. The number of pyridine rings is 1. The van der Waals surface area contributed by atoms with Crippen molar-refractivity contribution in [2.75, 3.05) is 38.3 Å². The lowest BCUT2D eigenvalue weighted by atomic mass is 10.2. The van der Waals surface area contributed by atoms with Gasteiger partial charge in [-0.2, -0.15) is 0 Å². The zero-order chi connectivity index (χ0) is 12.8. The van der Waals surface area contributed by atoms with E-state index in [2.05, 4.69) is 34.3 Å². The van der Waals surface area contributed by atoms with E-state index in [-0.39, 0.29) is 0 Å². The van der Waals surface area contributed by atoms with E-state index < -0.39 is 0 Å². The minimum atomic E-state index is 0.588. The van der Waals surface area contributed by atoms with Gasteiger partial charge >= 0.3 is 0 Å². The third-order valence-corrected chi connectivity index (χ3v) is 3.39. The average Bonchev–Trinajstić information content (AvgIpc) is 2.88. The summed E-state index contributed by atoms with van der Waals surface area (Å²) in [5, 5.41) is 3.53. The highest BCUT2D eigenvalue weighted by Gasteiger charge is 2.18. The molecule has 2 heterocycles. The molecule has 0 aliphatic carbocycles. The van der Waals surface area contributed by atoms with Gasteiger partial charge in [-0.15, -0.1) is 0 Å². The van der Waals surface area contributed by atoms with Crippen LogP contribution in [0.25, 0.3) is 0 Å². The van der Waals surface area contributed by atoms with Gasteiger partial charge in [-0.25, -0.2) is 4.98 Å². The molecule has 1 atom stereocenters. The van der Waals surface area contributed by atoms with Crippen molar-refractivity contribution in [1.82, 2.24) is 10.3 Å². The number of ether oxygens (including phenoxy) is 1. The first-order chi connectivity index (χ1) is 8.79. The Kier molecular flexibility index (Phi) is 4.96. The predicted octanol–water partition coefficient (Wildman–Crippen LogP) is 1.59. The van der Waals surface area contributed by atoms with E-state index in [1.165, 1.54) is 18.4 Å². The molecule has 1 unspecified atom stereocenters. The first-order valence-corrected chi connectivity index (χ1v) is 6.69. The van der Waals surface area contributed by atoms with Gasteiger partial charge in [0.05, 0.1) is 6.61 Å². The number of anilines is 1. The second kappa shape index (κ2) is 6.71. The molecule has 4 heteroatoms. The lowest BCUT2D eigenvalue weighted by molar-refractivity contribution is 0.204. The minimum absolute atomic E-state index is 0.588. The number of methoxy groups -OCH3 is 1. The number of hydrogen-bond acceptors (Lipinski definition) is 4. The third-order valence-electron chi connectivity index (χ3n) is 3.39. The van der Waals surface area contributed by atoms with Gasteiger partial charge in [0, 0.05) is 32.4 Å². The van der Waals surface area contributed by atoms with Crippen molar-refractivity contribution >= 4 is 5.82 Å². The molecule has 4 nitrogen and oxygen atoms in total. The molecule has 0 bridgehead atoms. The molecule has 1 aliphatic rings. The van der Waals surface area contributed by atoms with E-state index in [9.17, 15) is 0 Å². The molecular weight excluding hydrogens is 226 g/mol. The quantitative estimate of drug-likeness (QED) is 0.831. The summed E-state index contributed by atoms with van der Waals surface area (Å²) in [6.07, 6.45) is 4.47. The van der Waals surface area contributed by atoms with Crippen LogP contribution in [-0.4, -0.2) is 44.4 Å². The highest BCUT2D eigenvalue weighted by atomic mass is 16.5. The van der Waals surface area contributed by atoms with Crippen LogP contribution in [0, 0.1) is 6.92 Å². The van der Waals surface area contributed by atoms with Gasteiger partial charge in [0.15, 0.2) is 0 Å². The Labute approximate surface area is 109 Å². The lowest BCUT2D eigenvalue weighted by Crippen LogP contribution is -2.39. The van der Waals surface area contributed by atoms with Gasteiger partial charge in [-0.1, -0.05) is 6.07 Å². The van der Waals surface area contributed by atoms with Crippen molar-refractivity contribution in [2.45, 2.75) is 25.8 Å². The Hall–Kier alpha value is -1.13. The maximum absolute atomic E-state index is 5.19. The van der Waals surface area contributed by atoms with Gasteiger partial charge in [0.2, 0.25) is 0 Å². The summed E-state index contributed by atoms with van der Waals surface area (Å²) in [6.45, 7) is 5.85. The van der Waals surface area contributed by atoms with E-state index >= 15 is 0 Å². The first kappa shape index (κ1) is 13.3. The second-order valence-electron chi connectivity index (χ2n) is 4.93. The molecule has 18 heavy (non-hydrogen) atoms. The highest BCUT2D eigenvalue weighted by Crippen LogP contribution is 2.14. The molecule has 1 N–H and O–H groups in total. The SMILES string of the molecule is COCCN(CC1CCCN1)c1ccc(C)cn1. The van der Waals surface area contributed by atoms with Crippen LogP contribution in [0.1, 0.15) is 18.4 Å². The van der Waals surface area contributed by atoms with Crippen LogP contribution in [0.15, 0.2) is 18.3 Å². The molecule has 2 rings (SSSR count). The zero-order valence-corrected chi connectivity index (χ0v) is 11.4. The van der Waals surface area contributed by atoms with Crippen molar-refractivity contribution in [3.8, 4) is 0 Å². The smallest absolute Gasteiger partial charge is 0.128 e. The average molecular weight is 249 g/mol. The Morgan fingerprint density at radius 3 is 3.00 bits per heavy atom. The molecule has 100 valence electrons. The Balaban J connectivity index is 2.00. The van der Waals surface area contributed by atoms with Gasteiger partial charge in [-0.05, 0) is 37.9 Å². The summed E-state index contributed by atoms with van der Waals surface area (Å²) in [5.74, 6) is 1.05. The Morgan fingerprint density at radius 2 is 2.39 bits per heavy atom. The van der Waals surface area contributed by atoms with Crippen molar-refractivity contribution in [3.63, 3.8) is 0 Å². The van der Waals surface area contributed by atoms with Gasteiger partial charge in [0.1, 0.15) is 5.82 Å². The number of aryl methyl sites for hydroxylation is 1. The van der Waals surface area contributed by atoms with Crippen LogP contribution in [0.2, 0.25) is 0 Å². The van der Waals surface area contributed by atoms with Crippen LogP contribution >= 0.6 is 0 Å². The fourth-order valence-corrected chi connectivity index (χ4v) is 2.33. The summed E-state index contributed by atoms with van der Waals surface area (Å²) in [6, 6.07) is 4.80. The monoisotopic (exact) mass is 249 g/mol. The van der Waals surface area contributed by atoms with Crippen molar-refractivity contribution < 1.29 is 4.74 Å². The van der Waals surface area contributed by atoms with Crippen LogP contribution in [-0.2, 0) is 4.74 Å². The van der Waals surface area contributed by atoms with Crippen LogP contribution in [0.5, 0.6) is 0 Å². The molecule has 0 amide bonds. The second-order valence-corrected chi connectivity index (χ2v) is 4.93. The standard InChI is InChI=1S/C14H23N3O/c1-12-5-6-14(16-10-12)17(8-9-18-2)11-13-4-3-7-15-13/h5-6,10,13,15H,3-4,7-9,11H2,1-2H3. The number of nitrogens with zero attached hydrogens (tertiary/aromatic N) is 2. The molecule has 1 aromatic heterocycles. The fourth-order valence-electron chi connectivity index (χ4n) is 2.33. The number of aromatic nitrogens is 1. The van der Waals surface area contributed by atoms with Crippen LogP contribution in [0.3, 0.4) is 0 Å². The molecule has 1 aromatic rings. The van der Waals surface area contributed by atoms with E-state index in [1.807, 2.05) is 6.20 Å². The Bertz CT molecular complexity index is 347. The molecule has 0 radical (unpaired) electrons. The molecule has 0 aromatic carbocycles. The van der Waals surface area contributed by atoms with E-state index in [0.29, 0.717) is 6.04 Å². The largest absolute Gasteiger partial charge is 0.383 e. The van der Waals surface area contributed by atoms with Crippen LogP contribution < -0.4 is 10.2 Å². The summed E-state index contributed by atoms with van der Waals surface area (Å²) in [7, 11) is 1.74. The zero-order valence-electron chi connectivity index (χ0n) is 11.4. The minimum Gasteiger partial charge on any atom is -0.383 e. The van der Waals surface area contributed by atoms with Gasteiger partial charge in [0.25, 0.3) is 0 Å². The number of nitrogens with one attached hydrogen (secondary N) is 1. The summed E-state index contributed by atoms with van der Waals surface area (Å²) in [5.41, 5.74) is 1.20. The third kappa shape index (κ3) is 3.68. The summed E-state index contributed by atoms with van der Waals surface area (Å²) in [4.78, 5) is 6.83. The van der Waals surface area contributed by atoms with Gasteiger partial charge in [-0.3, -0.25) is 0 Å². The van der Waals surface area contributed by atoms with E-state index in [0.717, 1.165) is 32.1 Å². The predicted molar refractivity (Wildman–Crippen MR) is 74.1 cm³/mol. The molecule has 0 saturated carbocycles. The first-order valence-electron chi connectivity index (χ1n) is 6.69. The van der Waals surface area contributed by atoms with E-state index in [1.54, 1.807) is 7.11 Å². The molecular formula is C14H23N3O. The number of hydrogen-bond donors (Lipinski definition) is 1. The topological polar surface area (TPSA) is 37.4 Å². The molecule has 1 aliphatic heterocycles.